The fourth-order valence-corrected chi connectivity index (χ4v) is 3.45. The highest BCUT2D eigenvalue weighted by atomic mass is 32.1. The van der Waals surface area contributed by atoms with Gasteiger partial charge in [-0.05, 0) is 6.07 Å². The number of aromatic nitrogens is 2. The van der Waals surface area contributed by atoms with E-state index in [2.05, 4.69) is 9.72 Å². The Labute approximate surface area is 176 Å². The minimum atomic E-state index is -0.630. The van der Waals surface area contributed by atoms with Crippen LogP contribution in [0.2, 0.25) is 0 Å². The van der Waals surface area contributed by atoms with Crippen LogP contribution in [-0.4, -0.2) is 68.0 Å². The highest BCUT2D eigenvalue weighted by molar-refractivity contribution is 7.12. The van der Waals surface area contributed by atoms with Gasteiger partial charge in [0, 0.05) is 24.1 Å². The van der Waals surface area contributed by atoms with Gasteiger partial charge < -0.3 is 18.9 Å². The second kappa shape index (κ2) is 10.1. The lowest BCUT2D eigenvalue weighted by atomic mass is 10.1. The van der Waals surface area contributed by atoms with Gasteiger partial charge in [0.2, 0.25) is 5.78 Å². The summed E-state index contributed by atoms with van der Waals surface area (Å²) in [5.74, 6) is -1.02. The molecule has 0 aliphatic heterocycles. The van der Waals surface area contributed by atoms with E-state index in [1.54, 1.807) is 31.4 Å². The highest BCUT2D eigenvalue weighted by Crippen LogP contribution is 2.25. The third-order valence-electron chi connectivity index (χ3n) is 4.13. The first-order valence-electron chi connectivity index (χ1n) is 8.99. The molecule has 0 atom stereocenters. The van der Waals surface area contributed by atoms with Crippen LogP contribution in [-0.2, 0) is 18.9 Å². The summed E-state index contributed by atoms with van der Waals surface area (Å²) in [4.78, 5) is 41.2. The Hall–Kier alpha value is -3.08. The number of rotatable bonds is 9. The summed E-state index contributed by atoms with van der Waals surface area (Å²) in [5.41, 5.74) is 0.864. The molecular formula is C20H20N2O7S. The van der Waals surface area contributed by atoms with Gasteiger partial charge in [-0.1, -0.05) is 18.2 Å². The number of nitrogens with zero attached hydrogens (tertiary/aromatic N) is 2. The fourth-order valence-electron chi connectivity index (χ4n) is 2.70. The molecule has 10 heteroatoms. The Kier molecular flexibility index (Phi) is 7.28. The number of methoxy groups -OCH3 is 2. The first-order chi connectivity index (χ1) is 14.6. The van der Waals surface area contributed by atoms with E-state index < -0.39 is 17.8 Å². The van der Waals surface area contributed by atoms with Crippen molar-refractivity contribution in [2.75, 3.05) is 40.6 Å². The van der Waals surface area contributed by atoms with E-state index in [1.807, 2.05) is 0 Å². The van der Waals surface area contributed by atoms with Crippen LogP contribution in [0.5, 0.6) is 0 Å². The van der Waals surface area contributed by atoms with Crippen molar-refractivity contribution in [1.82, 2.24) is 9.55 Å². The van der Waals surface area contributed by atoms with Crippen LogP contribution in [0, 0.1) is 0 Å². The summed E-state index contributed by atoms with van der Waals surface area (Å²) in [6.07, 6.45) is 0.787. The quantitative estimate of drug-likeness (QED) is 0.289. The van der Waals surface area contributed by atoms with Crippen LogP contribution >= 0.6 is 11.3 Å². The number of carbonyl (C=O) groups is 3. The third-order valence-corrected chi connectivity index (χ3v) is 4.97. The molecule has 30 heavy (non-hydrogen) atoms. The molecule has 0 aliphatic carbocycles. The number of carbonyl (C=O) groups excluding carboxylic acids is 3. The molecule has 0 N–H and O–H groups in total. The Balaban J connectivity index is 1.80. The zero-order valence-corrected chi connectivity index (χ0v) is 17.3. The van der Waals surface area contributed by atoms with E-state index in [9.17, 15) is 14.4 Å². The maximum atomic E-state index is 13.0. The number of fused-ring (bicyclic) bond motifs is 1. The molecule has 3 aromatic rings. The summed E-state index contributed by atoms with van der Waals surface area (Å²) < 4.78 is 21.3. The van der Waals surface area contributed by atoms with E-state index in [0.29, 0.717) is 24.1 Å². The molecule has 0 fully saturated rings. The molecular weight excluding hydrogens is 412 g/mol. The minimum Gasteiger partial charge on any atom is -0.464 e. The zero-order chi connectivity index (χ0) is 21.5. The maximum absolute atomic E-state index is 13.0. The van der Waals surface area contributed by atoms with E-state index in [-0.39, 0.29) is 29.5 Å². The van der Waals surface area contributed by atoms with Gasteiger partial charge in [0.05, 0.1) is 38.0 Å². The second-order valence-corrected chi connectivity index (χ2v) is 6.87. The molecule has 2 aromatic heterocycles. The predicted octanol–water partition coefficient (Wildman–Crippen LogP) is 2.76. The fraction of sp³-hybridized carbons (Fsp3) is 0.300. The highest BCUT2D eigenvalue weighted by Gasteiger charge is 2.23. The van der Waals surface area contributed by atoms with E-state index >= 15 is 0 Å². The van der Waals surface area contributed by atoms with Crippen molar-refractivity contribution in [3.8, 4) is 0 Å². The van der Waals surface area contributed by atoms with E-state index in [0.717, 1.165) is 11.3 Å². The number of ketones is 1. The molecule has 0 saturated heterocycles. The number of ether oxygens (including phenoxy) is 4. The topological polar surface area (TPSA) is 106 Å². The van der Waals surface area contributed by atoms with Crippen LogP contribution < -0.4 is 0 Å². The van der Waals surface area contributed by atoms with E-state index in [1.165, 1.54) is 23.3 Å². The Morgan fingerprint density at radius 2 is 1.83 bits per heavy atom. The number of hydrogen-bond acceptors (Lipinski definition) is 9. The van der Waals surface area contributed by atoms with Gasteiger partial charge >= 0.3 is 12.1 Å². The summed E-state index contributed by atoms with van der Waals surface area (Å²) in [6.45, 7) is 1.15. The molecule has 3 rings (SSSR count). The Bertz CT molecular complexity index is 1060. The molecule has 0 saturated carbocycles. The molecule has 1 aromatic carbocycles. The zero-order valence-electron chi connectivity index (χ0n) is 16.5. The van der Waals surface area contributed by atoms with E-state index in [4.69, 9.17) is 14.2 Å². The molecule has 2 heterocycles. The summed E-state index contributed by atoms with van der Waals surface area (Å²) in [7, 11) is 2.81. The average Bonchev–Trinajstić information content (AvgIpc) is 3.40. The smallest absolute Gasteiger partial charge is 0.418 e. The first-order valence-corrected chi connectivity index (χ1v) is 9.87. The maximum Gasteiger partial charge on any atom is 0.418 e. The van der Waals surface area contributed by atoms with Crippen LogP contribution in [0.25, 0.3) is 10.9 Å². The van der Waals surface area contributed by atoms with Crippen molar-refractivity contribution in [3.63, 3.8) is 0 Å². The lowest BCUT2D eigenvalue weighted by molar-refractivity contribution is 0.0426. The van der Waals surface area contributed by atoms with Crippen LogP contribution in [0.15, 0.2) is 35.8 Å². The Morgan fingerprint density at radius 1 is 1.07 bits per heavy atom. The van der Waals surface area contributed by atoms with Crippen molar-refractivity contribution >= 4 is 40.1 Å². The molecule has 9 nitrogen and oxygen atoms in total. The van der Waals surface area contributed by atoms with Gasteiger partial charge in [-0.15, -0.1) is 11.3 Å². The average molecular weight is 432 g/mol. The lowest BCUT2D eigenvalue weighted by Gasteiger charge is -2.07. The van der Waals surface area contributed by atoms with Crippen molar-refractivity contribution < 1.29 is 33.3 Å². The normalized spacial score (nSPS) is 10.9. The molecule has 0 bridgehead atoms. The molecule has 0 spiro atoms. The number of benzene rings is 1. The van der Waals surface area contributed by atoms with Crippen molar-refractivity contribution in [1.29, 1.82) is 0 Å². The van der Waals surface area contributed by atoms with Gasteiger partial charge in [0.1, 0.15) is 6.61 Å². The lowest BCUT2D eigenvalue weighted by Crippen LogP contribution is -2.17. The van der Waals surface area contributed by atoms with Gasteiger partial charge in [0.15, 0.2) is 10.7 Å². The first kappa shape index (κ1) is 21.6. The molecule has 0 unspecified atom stereocenters. The van der Waals surface area contributed by atoms with Crippen molar-refractivity contribution in [3.05, 3.63) is 52.1 Å². The second-order valence-electron chi connectivity index (χ2n) is 6.01. The van der Waals surface area contributed by atoms with Gasteiger partial charge in [0.25, 0.3) is 0 Å². The number of para-hydroxylation sites is 1. The summed E-state index contributed by atoms with van der Waals surface area (Å²) in [5, 5.41) is 2.15. The number of thiazole rings is 1. The largest absolute Gasteiger partial charge is 0.464 e. The van der Waals surface area contributed by atoms with Crippen molar-refractivity contribution in [2.24, 2.45) is 0 Å². The SMILES string of the molecule is COCCOCCOC(=O)n1cc(C(=O)c2nc(C(=O)OC)cs2)c2ccccc21. The summed E-state index contributed by atoms with van der Waals surface area (Å²) in [6, 6.07) is 6.96. The van der Waals surface area contributed by atoms with Crippen LogP contribution in [0.4, 0.5) is 4.79 Å². The molecule has 0 aliphatic rings. The molecule has 0 amide bonds. The minimum absolute atomic E-state index is 0.0578. The van der Waals surface area contributed by atoms with Crippen molar-refractivity contribution in [2.45, 2.75) is 0 Å². The number of esters is 1. The van der Waals surface area contributed by atoms with Gasteiger partial charge in [-0.3, -0.25) is 9.36 Å². The Morgan fingerprint density at radius 3 is 2.60 bits per heavy atom. The summed E-state index contributed by atoms with van der Waals surface area (Å²) >= 11 is 1.03. The van der Waals surface area contributed by atoms with Gasteiger partial charge in [-0.25, -0.2) is 14.6 Å². The molecule has 158 valence electrons. The standard InChI is InChI=1S/C20H20N2O7S/c1-26-7-8-28-9-10-29-20(25)22-11-14(13-5-3-4-6-16(13)22)17(23)18-21-15(12-30-18)19(24)27-2/h3-6,11-12H,7-10H2,1-2H3. The van der Waals surface area contributed by atoms with Crippen LogP contribution in [0.1, 0.15) is 25.9 Å². The predicted molar refractivity (Wildman–Crippen MR) is 108 cm³/mol. The monoisotopic (exact) mass is 432 g/mol. The number of hydrogen-bond donors (Lipinski definition) is 0. The van der Waals surface area contributed by atoms with Gasteiger partial charge in [-0.2, -0.15) is 0 Å². The van der Waals surface area contributed by atoms with Crippen LogP contribution in [0.3, 0.4) is 0 Å². The third kappa shape index (κ3) is 4.73. The molecule has 0 radical (unpaired) electrons.